The van der Waals surface area contributed by atoms with Crippen LogP contribution in [0.5, 0.6) is 0 Å². The number of nitrogens with one attached hydrogen (secondary N) is 2. The number of anilines is 3. The van der Waals surface area contributed by atoms with Crippen LogP contribution in [0.3, 0.4) is 0 Å². The number of amides is 2. The molecule has 0 bridgehead atoms. The molecule has 29 heavy (non-hydrogen) atoms. The quantitative estimate of drug-likeness (QED) is 0.524. The van der Waals surface area contributed by atoms with Crippen LogP contribution in [0, 0.1) is 17.0 Å². The smallest absolute Gasteiger partial charge is 0.460 e. The standard InChI is InChI=1S/C19H31N5O5/c1-13(2)11-28-18(25)21-16-10-15(23-8-6-5-7-9-23)20-17(24(16)27)22-19(26)29-12-14(3)4/h10,13-14H,5-9,11-12H2,1-4H3,(H,21,25)(H,20,22,26). The zero-order chi connectivity index (χ0) is 21.4. The summed E-state index contributed by atoms with van der Waals surface area (Å²) in [5.74, 6) is 0.472. The fourth-order valence-corrected chi connectivity index (χ4v) is 2.68. The predicted molar refractivity (Wildman–Crippen MR) is 109 cm³/mol. The molecule has 1 aromatic heterocycles. The van der Waals surface area contributed by atoms with E-state index in [1.165, 1.54) is 6.07 Å². The maximum absolute atomic E-state index is 12.6. The monoisotopic (exact) mass is 409 g/mol. The lowest BCUT2D eigenvalue weighted by Crippen LogP contribution is -2.40. The van der Waals surface area contributed by atoms with E-state index in [1.807, 2.05) is 32.6 Å². The summed E-state index contributed by atoms with van der Waals surface area (Å²) in [7, 11) is 0. The van der Waals surface area contributed by atoms with Crippen LogP contribution in [0.2, 0.25) is 0 Å². The van der Waals surface area contributed by atoms with E-state index < -0.39 is 12.2 Å². The van der Waals surface area contributed by atoms with Gasteiger partial charge in [-0.2, -0.15) is 5.32 Å². The summed E-state index contributed by atoms with van der Waals surface area (Å²) in [5.41, 5.74) is 0. The van der Waals surface area contributed by atoms with E-state index in [1.54, 1.807) is 0 Å². The number of hydrogen-bond acceptors (Lipinski definition) is 7. The first-order valence-corrected chi connectivity index (χ1v) is 10.0. The molecule has 2 N–H and O–H groups in total. The van der Waals surface area contributed by atoms with Gasteiger partial charge in [-0.3, -0.25) is 0 Å². The molecule has 162 valence electrons. The van der Waals surface area contributed by atoms with E-state index in [4.69, 9.17) is 9.47 Å². The largest absolute Gasteiger partial charge is 0.754 e. The van der Waals surface area contributed by atoms with Gasteiger partial charge >= 0.3 is 18.1 Å². The highest BCUT2D eigenvalue weighted by molar-refractivity contribution is 5.84. The van der Waals surface area contributed by atoms with Gasteiger partial charge in [0.05, 0.1) is 19.3 Å². The minimum absolute atomic E-state index is 0.0755. The van der Waals surface area contributed by atoms with Crippen LogP contribution < -0.4 is 20.3 Å². The highest BCUT2D eigenvalue weighted by atomic mass is 16.6. The summed E-state index contributed by atoms with van der Waals surface area (Å²) in [5, 5.41) is 17.5. The van der Waals surface area contributed by atoms with Crippen molar-refractivity contribution < 1.29 is 23.8 Å². The number of rotatable bonds is 7. The number of piperidine rings is 1. The van der Waals surface area contributed by atoms with Gasteiger partial charge in [-0.15, -0.1) is 0 Å². The first-order valence-electron chi connectivity index (χ1n) is 10.0. The fourth-order valence-electron chi connectivity index (χ4n) is 2.68. The number of carbonyl (C=O) groups excluding carboxylic acids is 2. The van der Waals surface area contributed by atoms with Crippen LogP contribution in [0.4, 0.5) is 27.2 Å². The second-order valence-corrected chi connectivity index (χ2v) is 7.90. The van der Waals surface area contributed by atoms with Crippen molar-refractivity contribution in [3.8, 4) is 0 Å². The van der Waals surface area contributed by atoms with E-state index in [0.717, 1.165) is 32.4 Å². The molecule has 0 aromatic carbocycles. The molecule has 2 amide bonds. The average molecular weight is 409 g/mol. The van der Waals surface area contributed by atoms with Gasteiger partial charge in [-0.1, -0.05) is 32.7 Å². The second-order valence-electron chi connectivity index (χ2n) is 7.90. The van der Waals surface area contributed by atoms with Crippen LogP contribution in [0.1, 0.15) is 47.0 Å². The van der Waals surface area contributed by atoms with Crippen LogP contribution >= 0.6 is 0 Å². The zero-order valence-electron chi connectivity index (χ0n) is 17.6. The Labute approximate surface area is 171 Å². The SMILES string of the molecule is CC(C)COC(=O)Nc1cc(N2CCCCC2)nc(NC(=O)OCC(C)C)[n+]1[O-]. The molecular weight excluding hydrogens is 378 g/mol. The fraction of sp³-hybridized carbons (Fsp3) is 0.684. The molecule has 1 aromatic rings. The van der Waals surface area contributed by atoms with Gasteiger partial charge in [0.25, 0.3) is 0 Å². The number of aromatic nitrogens is 2. The number of carbonyl (C=O) groups is 2. The lowest BCUT2D eigenvalue weighted by molar-refractivity contribution is -0.577. The van der Waals surface area contributed by atoms with Crippen molar-refractivity contribution in [3.05, 3.63) is 11.3 Å². The molecule has 1 fully saturated rings. The highest BCUT2D eigenvalue weighted by Gasteiger charge is 2.23. The predicted octanol–water partition coefficient (Wildman–Crippen LogP) is 3.11. The molecule has 2 rings (SSSR count). The van der Waals surface area contributed by atoms with E-state index in [9.17, 15) is 14.8 Å². The van der Waals surface area contributed by atoms with E-state index in [2.05, 4.69) is 15.6 Å². The third kappa shape index (κ3) is 7.28. The first kappa shape index (κ1) is 22.5. The van der Waals surface area contributed by atoms with E-state index in [-0.39, 0.29) is 36.8 Å². The summed E-state index contributed by atoms with van der Waals surface area (Å²) in [4.78, 5) is 30.3. The molecule has 0 radical (unpaired) electrons. The van der Waals surface area contributed by atoms with Crippen LogP contribution in [0.15, 0.2) is 6.07 Å². The third-order valence-electron chi connectivity index (χ3n) is 4.12. The van der Waals surface area contributed by atoms with Crippen LogP contribution in [0.25, 0.3) is 0 Å². The van der Waals surface area contributed by atoms with Gasteiger partial charge in [0.1, 0.15) is 0 Å². The normalized spacial score (nSPS) is 14.1. The van der Waals surface area contributed by atoms with Gasteiger partial charge in [0, 0.05) is 13.1 Å². The maximum atomic E-state index is 12.6. The van der Waals surface area contributed by atoms with Crippen molar-refractivity contribution in [2.45, 2.75) is 47.0 Å². The summed E-state index contributed by atoms with van der Waals surface area (Å²) < 4.78 is 10.5. The Balaban J connectivity index is 2.23. The van der Waals surface area contributed by atoms with Gasteiger partial charge < -0.3 is 19.6 Å². The lowest BCUT2D eigenvalue weighted by Gasteiger charge is -2.27. The third-order valence-corrected chi connectivity index (χ3v) is 4.12. The zero-order valence-corrected chi connectivity index (χ0v) is 17.6. The molecule has 1 saturated heterocycles. The van der Waals surface area contributed by atoms with Crippen molar-refractivity contribution in [1.82, 2.24) is 4.98 Å². The summed E-state index contributed by atoms with van der Waals surface area (Å²) in [6.07, 6.45) is 1.62. The Morgan fingerprint density at radius 1 is 1.07 bits per heavy atom. The lowest BCUT2D eigenvalue weighted by atomic mass is 10.1. The molecule has 0 aliphatic carbocycles. The van der Waals surface area contributed by atoms with E-state index in [0.29, 0.717) is 10.5 Å². The molecule has 0 saturated carbocycles. The summed E-state index contributed by atoms with van der Waals surface area (Å²) >= 11 is 0. The second kappa shape index (κ2) is 10.7. The van der Waals surface area contributed by atoms with E-state index >= 15 is 0 Å². The minimum Gasteiger partial charge on any atom is -0.754 e. The van der Waals surface area contributed by atoms with Crippen molar-refractivity contribution in [2.75, 3.05) is 41.8 Å². The molecule has 10 nitrogen and oxygen atoms in total. The summed E-state index contributed by atoms with van der Waals surface area (Å²) in [6.45, 7) is 9.63. The molecule has 0 spiro atoms. The molecule has 1 aliphatic heterocycles. The van der Waals surface area contributed by atoms with Crippen molar-refractivity contribution in [3.63, 3.8) is 0 Å². The Morgan fingerprint density at radius 3 is 2.17 bits per heavy atom. The highest BCUT2D eigenvalue weighted by Crippen LogP contribution is 2.21. The molecule has 10 heteroatoms. The average Bonchev–Trinajstić information content (AvgIpc) is 2.68. The summed E-state index contributed by atoms with van der Waals surface area (Å²) in [6, 6.07) is 1.49. The molecular formula is C19H31N5O5. The van der Waals surface area contributed by atoms with Crippen LogP contribution in [-0.4, -0.2) is 43.5 Å². The molecule has 1 aliphatic rings. The van der Waals surface area contributed by atoms with Crippen molar-refractivity contribution in [1.29, 1.82) is 0 Å². The van der Waals surface area contributed by atoms with Gasteiger partial charge in [0.15, 0.2) is 5.82 Å². The number of ether oxygens (including phenoxy) is 2. The minimum atomic E-state index is -0.778. The topological polar surface area (TPSA) is 120 Å². The Hall–Kier alpha value is -2.78. The van der Waals surface area contributed by atoms with Gasteiger partial charge in [-0.25, -0.2) is 19.6 Å². The number of hydrogen-bond donors (Lipinski definition) is 2. The number of nitrogens with zero attached hydrogens (tertiary/aromatic N) is 3. The molecule has 2 heterocycles. The first-order chi connectivity index (χ1) is 13.8. The molecule has 0 atom stereocenters. The van der Waals surface area contributed by atoms with Crippen molar-refractivity contribution in [2.24, 2.45) is 11.8 Å². The van der Waals surface area contributed by atoms with Gasteiger partial charge in [0.2, 0.25) is 5.82 Å². The molecule has 0 unspecified atom stereocenters. The Morgan fingerprint density at radius 2 is 1.62 bits per heavy atom. The Kier molecular flexibility index (Phi) is 8.29. The van der Waals surface area contributed by atoms with Crippen molar-refractivity contribution >= 4 is 29.8 Å². The van der Waals surface area contributed by atoms with Gasteiger partial charge in [-0.05, 0) is 31.1 Å². The van der Waals surface area contributed by atoms with Crippen LogP contribution in [-0.2, 0) is 9.47 Å². The maximum Gasteiger partial charge on any atom is 0.460 e. The Bertz CT molecular complexity index is 657.